The maximum Gasteiger partial charge on any atom is 0.166 e. The topological polar surface area (TPSA) is 64.3 Å². The average molecular weight is 426 g/mol. The maximum atomic E-state index is 6.29. The van der Waals surface area contributed by atoms with Crippen LogP contribution in [0.15, 0.2) is 48.8 Å². The van der Waals surface area contributed by atoms with E-state index in [1.54, 1.807) is 16.8 Å². The van der Waals surface area contributed by atoms with E-state index in [9.17, 15) is 0 Å². The Kier molecular flexibility index (Phi) is 5.53. The molecule has 0 amide bonds. The van der Waals surface area contributed by atoms with E-state index < -0.39 is 8.07 Å². The summed E-state index contributed by atoms with van der Waals surface area (Å²) in [6, 6.07) is 13.0. The molecule has 1 N–H and O–H groups in total. The summed E-state index contributed by atoms with van der Waals surface area (Å²) in [5.74, 6) is 0.744. The number of anilines is 1. The average Bonchev–Trinajstić information content (AvgIpc) is 3.10. The van der Waals surface area contributed by atoms with Crippen molar-refractivity contribution in [3.8, 4) is 11.1 Å². The minimum absolute atomic E-state index is 0.395. The third kappa shape index (κ3) is 4.58. The number of hydrogen-bond donors (Lipinski definition) is 1. The van der Waals surface area contributed by atoms with Crippen LogP contribution in [0.3, 0.4) is 0 Å². The van der Waals surface area contributed by atoms with Crippen molar-refractivity contribution in [2.75, 3.05) is 18.7 Å². The first-order chi connectivity index (χ1) is 13.9. The Morgan fingerprint density at radius 3 is 2.79 bits per heavy atom. The number of halogens is 1. The number of pyridine rings is 1. The quantitative estimate of drug-likeness (QED) is 0.188. The highest BCUT2D eigenvalue weighted by Gasteiger charge is 2.14. The molecule has 29 heavy (non-hydrogen) atoms. The highest BCUT2D eigenvalue weighted by atomic mass is 35.5. The molecule has 0 bridgehead atoms. The molecular formula is C21H24ClN5OSi. The van der Waals surface area contributed by atoms with Gasteiger partial charge in [0.25, 0.3) is 0 Å². The molecule has 0 unspecified atom stereocenters. The lowest BCUT2D eigenvalue weighted by Gasteiger charge is -2.16. The number of rotatable bonds is 7. The van der Waals surface area contributed by atoms with Crippen molar-refractivity contribution in [1.29, 1.82) is 0 Å². The Morgan fingerprint density at radius 2 is 1.97 bits per heavy atom. The van der Waals surface area contributed by atoms with E-state index in [1.165, 1.54) is 0 Å². The molecule has 0 aliphatic rings. The number of fused-ring (bicyclic) bond motifs is 2. The molecule has 0 atom stereocenters. The number of hydrogen-bond acceptors (Lipinski definition) is 5. The second-order valence-electron chi connectivity index (χ2n) is 8.21. The highest BCUT2D eigenvalue weighted by molar-refractivity contribution is 6.76. The van der Waals surface area contributed by atoms with Crippen molar-refractivity contribution in [1.82, 2.24) is 19.6 Å². The van der Waals surface area contributed by atoms with Gasteiger partial charge in [0.15, 0.2) is 5.65 Å². The van der Waals surface area contributed by atoms with Crippen LogP contribution >= 0.6 is 11.6 Å². The zero-order valence-electron chi connectivity index (χ0n) is 16.8. The highest BCUT2D eigenvalue weighted by Crippen LogP contribution is 2.28. The summed E-state index contributed by atoms with van der Waals surface area (Å²) in [6.07, 6.45) is 3.64. The van der Waals surface area contributed by atoms with Gasteiger partial charge in [0.1, 0.15) is 17.7 Å². The molecule has 0 saturated heterocycles. The van der Waals surface area contributed by atoms with Crippen LogP contribution in [0.25, 0.3) is 27.7 Å². The van der Waals surface area contributed by atoms with Gasteiger partial charge in [-0.1, -0.05) is 49.4 Å². The van der Waals surface area contributed by atoms with Crippen molar-refractivity contribution < 1.29 is 4.74 Å². The number of benzene rings is 1. The lowest BCUT2D eigenvalue weighted by Crippen LogP contribution is -2.22. The standard InChI is InChI=1S/C21H24ClN5OSi/c1-29(2,3)9-8-28-14-24-20-11-19(22)26-21-17(13-25-27(20)21)16-10-15-6-4-5-7-18(15)23-12-16/h4-7,10-13,24H,8-9,14H2,1-3H3. The van der Waals surface area contributed by atoms with E-state index in [4.69, 9.17) is 16.3 Å². The molecule has 4 rings (SSSR count). The third-order valence-corrected chi connectivity index (χ3v) is 6.59. The first-order valence-corrected chi connectivity index (χ1v) is 13.7. The van der Waals surface area contributed by atoms with Crippen LogP contribution in [0.1, 0.15) is 0 Å². The van der Waals surface area contributed by atoms with Crippen molar-refractivity contribution in [3.63, 3.8) is 0 Å². The zero-order valence-corrected chi connectivity index (χ0v) is 18.6. The van der Waals surface area contributed by atoms with Gasteiger partial charge in [0, 0.05) is 43.5 Å². The van der Waals surface area contributed by atoms with E-state index >= 15 is 0 Å². The molecule has 0 fully saturated rings. The minimum atomic E-state index is -1.10. The fraction of sp³-hybridized carbons (Fsp3) is 0.286. The number of para-hydroxylation sites is 1. The predicted molar refractivity (Wildman–Crippen MR) is 121 cm³/mol. The molecular weight excluding hydrogens is 402 g/mol. The molecule has 4 aromatic rings. The molecule has 3 heterocycles. The fourth-order valence-corrected chi connectivity index (χ4v) is 4.00. The van der Waals surface area contributed by atoms with E-state index in [-0.39, 0.29) is 0 Å². The Balaban J connectivity index is 1.59. The Bertz CT molecular complexity index is 1150. The summed E-state index contributed by atoms with van der Waals surface area (Å²) in [4.78, 5) is 9.04. The summed E-state index contributed by atoms with van der Waals surface area (Å²) >= 11 is 6.29. The van der Waals surface area contributed by atoms with Crippen LogP contribution in [0.5, 0.6) is 0 Å². The van der Waals surface area contributed by atoms with Crippen LogP contribution in [-0.4, -0.2) is 41.0 Å². The van der Waals surface area contributed by atoms with Gasteiger partial charge in [-0.15, -0.1) is 0 Å². The lowest BCUT2D eigenvalue weighted by molar-refractivity contribution is 0.165. The zero-order chi connectivity index (χ0) is 20.4. The van der Waals surface area contributed by atoms with Gasteiger partial charge in [0.2, 0.25) is 0 Å². The second kappa shape index (κ2) is 8.10. The van der Waals surface area contributed by atoms with Crippen molar-refractivity contribution in [3.05, 3.63) is 53.9 Å². The van der Waals surface area contributed by atoms with E-state index in [1.807, 2.05) is 30.5 Å². The van der Waals surface area contributed by atoms with Gasteiger partial charge in [-0.3, -0.25) is 4.98 Å². The van der Waals surface area contributed by atoms with Crippen LogP contribution in [0.4, 0.5) is 5.82 Å². The monoisotopic (exact) mass is 425 g/mol. The Labute approximate surface area is 175 Å². The number of nitrogens with zero attached hydrogens (tertiary/aromatic N) is 4. The van der Waals surface area contributed by atoms with Gasteiger partial charge in [-0.25, -0.2) is 4.98 Å². The predicted octanol–water partition coefficient (Wildman–Crippen LogP) is 5.32. The van der Waals surface area contributed by atoms with Crippen molar-refractivity contribution in [2.45, 2.75) is 25.7 Å². The molecule has 8 heteroatoms. The maximum absolute atomic E-state index is 6.29. The molecule has 6 nitrogen and oxygen atoms in total. The van der Waals surface area contributed by atoms with Crippen LogP contribution in [0.2, 0.25) is 30.8 Å². The van der Waals surface area contributed by atoms with E-state index in [2.05, 4.69) is 46.1 Å². The first kappa shape index (κ1) is 19.8. The normalized spacial score (nSPS) is 12.0. The summed E-state index contributed by atoms with van der Waals surface area (Å²) in [5.41, 5.74) is 3.47. The molecule has 0 aliphatic heterocycles. The molecule has 150 valence electrons. The summed E-state index contributed by atoms with van der Waals surface area (Å²) < 4.78 is 7.50. The largest absolute Gasteiger partial charge is 0.362 e. The minimum Gasteiger partial charge on any atom is -0.362 e. The molecule has 0 aliphatic carbocycles. The van der Waals surface area contributed by atoms with Crippen LogP contribution < -0.4 is 5.32 Å². The summed E-state index contributed by atoms with van der Waals surface area (Å²) in [5, 5.41) is 9.24. The SMILES string of the molecule is C[Si](C)(C)CCOCNc1cc(Cl)nc2c(-c3cnc4ccccc4c3)cnn12. The summed E-state index contributed by atoms with van der Waals surface area (Å²) in [6.45, 7) is 8.15. The Hall–Kier alpha value is -2.48. The third-order valence-electron chi connectivity index (χ3n) is 4.69. The molecule has 0 spiro atoms. The van der Waals surface area contributed by atoms with E-state index in [0.717, 1.165) is 40.5 Å². The number of aromatic nitrogens is 4. The molecule has 1 aromatic carbocycles. The van der Waals surface area contributed by atoms with Gasteiger partial charge in [-0.2, -0.15) is 9.61 Å². The molecule has 0 saturated carbocycles. The molecule has 3 aromatic heterocycles. The van der Waals surface area contributed by atoms with Crippen LogP contribution in [0, 0.1) is 0 Å². The van der Waals surface area contributed by atoms with E-state index in [0.29, 0.717) is 17.5 Å². The van der Waals surface area contributed by atoms with Gasteiger partial charge < -0.3 is 10.1 Å². The van der Waals surface area contributed by atoms with Gasteiger partial charge in [-0.05, 0) is 18.2 Å². The molecule has 0 radical (unpaired) electrons. The van der Waals surface area contributed by atoms with Gasteiger partial charge >= 0.3 is 0 Å². The summed E-state index contributed by atoms with van der Waals surface area (Å²) in [7, 11) is -1.10. The first-order valence-electron chi connectivity index (χ1n) is 9.62. The lowest BCUT2D eigenvalue weighted by atomic mass is 10.1. The smallest absolute Gasteiger partial charge is 0.166 e. The van der Waals surface area contributed by atoms with Crippen molar-refractivity contribution in [2.24, 2.45) is 0 Å². The van der Waals surface area contributed by atoms with Crippen LogP contribution in [-0.2, 0) is 4.74 Å². The van der Waals surface area contributed by atoms with Gasteiger partial charge in [0.05, 0.1) is 11.7 Å². The number of nitrogens with one attached hydrogen (secondary N) is 1. The van der Waals surface area contributed by atoms with Crippen molar-refractivity contribution >= 4 is 42.0 Å². The fourth-order valence-electron chi connectivity index (χ4n) is 3.06. The Morgan fingerprint density at radius 1 is 1.14 bits per heavy atom. The number of ether oxygens (including phenoxy) is 1. The second-order valence-corrected chi connectivity index (χ2v) is 14.2.